The summed E-state index contributed by atoms with van der Waals surface area (Å²) in [5.74, 6) is 0. The molecule has 0 aliphatic carbocycles. The molecule has 20 heavy (non-hydrogen) atoms. The zero-order valence-corrected chi connectivity index (χ0v) is 12.9. The fourth-order valence-corrected chi connectivity index (χ4v) is 2.75. The number of piperidine rings is 1. The first kappa shape index (κ1) is 15.3. The van der Waals surface area contributed by atoms with Gasteiger partial charge in [0.2, 0.25) is 0 Å². The van der Waals surface area contributed by atoms with E-state index >= 15 is 0 Å². The lowest BCUT2D eigenvalue weighted by Crippen LogP contribution is -2.45. The largest absolute Gasteiger partial charge is 0.313 e. The van der Waals surface area contributed by atoms with Crippen LogP contribution in [0.15, 0.2) is 36.4 Å². The molecule has 1 aliphatic heterocycles. The topological polar surface area (TPSA) is 15.3 Å². The summed E-state index contributed by atoms with van der Waals surface area (Å²) in [7, 11) is 0. The van der Waals surface area contributed by atoms with Crippen LogP contribution in [0.2, 0.25) is 0 Å². The molecule has 2 nitrogen and oxygen atoms in total. The lowest BCUT2D eigenvalue weighted by molar-refractivity contribution is 0.203. The monoisotopic (exact) mass is 272 g/mol. The molecule has 1 fully saturated rings. The van der Waals surface area contributed by atoms with Crippen LogP contribution in [0.1, 0.15) is 38.7 Å². The lowest BCUT2D eigenvalue weighted by atomic mass is 10.0. The summed E-state index contributed by atoms with van der Waals surface area (Å²) in [6.07, 6.45) is 8.56. The SMILES string of the molecule is CC(C)N(C/C=C/c1ccccc1)CC1CCCCN1. The van der Waals surface area contributed by atoms with E-state index in [0.717, 1.165) is 13.1 Å². The van der Waals surface area contributed by atoms with E-state index < -0.39 is 0 Å². The van der Waals surface area contributed by atoms with E-state index in [9.17, 15) is 0 Å². The summed E-state index contributed by atoms with van der Waals surface area (Å²) in [5.41, 5.74) is 1.28. The fraction of sp³-hybridized carbons (Fsp3) is 0.556. The molecule has 1 aliphatic rings. The van der Waals surface area contributed by atoms with Crippen molar-refractivity contribution in [3.8, 4) is 0 Å². The van der Waals surface area contributed by atoms with Crippen molar-refractivity contribution < 1.29 is 0 Å². The summed E-state index contributed by atoms with van der Waals surface area (Å²) < 4.78 is 0. The summed E-state index contributed by atoms with van der Waals surface area (Å²) in [6, 6.07) is 11.8. The van der Waals surface area contributed by atoms with Crippen molar-refractivity contribution in [3.05, 3.63) is 42.0 Å². The molecule has 0 spiro atoms. The number of hydrogen-bond acceptors (Lipinski definition) is 2. The average Bonchev–Trinajstić information content (AvgIpc) is 2.48. The van der Waals surface area contributed by atoms with Crippen LogP contribution in [0, 0.1) is 0 Å². The summed E-state index contributed by atoms with van der Waals surface area (Å²) in [4.78, 5) is 2.56. The second-order valence-electron chi connectivity index (χ2n) is 6.01. The van der Waals surface area contributed by atoms with Crippen LogP contribution in [0.4, 0.5) is 0 Å². The zero-order chi connectivity index (χ0) is 14.2. The Morgan fingerprint density at radius 3 is 2.70 bits per heavy atom. The highest BCUT2D eigenvalue weighted by Crippen LogP contribution is 2.11. The van der Waals surface area contributed by atoms with Gasteiger partial charge in [0.25, 0.3) is 0 Å². The van der Waals surface area contributed by atoms with Crippen molar-refractivity contribution in [2.24, 2.45) is 0 Å². The standard InChI is InChI=1S/C18H28N2/c1-16(2)20(15-18-12-6-7-13-19-18)14-8-11-17-9-4-3-5-10-17/h3-5,8-11,16,18-19H,6-7,12-15H2,1-2H3/b11-8+. The molecule has 1 aromatic carbocycles. The molecule has 110 valence electrons. The second kappa shape index (κ2) is 8.23. The highest BCUT2D eigenvalue weighted by molar-refractivity contribution is 5.48. The molecule has 1 unspecified atom stereocenters. The van der Waals surface area contributed by atoms with Crippen LogP contribution in [0.5, 0.6) is 0 Å². The Labute approximate surface area is 123 Å². The van der Waals surface area contributed by atoms with Crippen molar-refractivity contribution in [1.82, 2.24) is 10.2 Å². The molecule has 0 bridgehead atoms. The number of benzene rings is 1. The molecule has 1 saturated heterocycles. The maximum atomic E-state index is 3.65. The molecular formula is C18H28N2. The highest BCUT2D eigenvalue weighted by Gasteiger charge is 2.17. The molecule has 0 radical (unpaired) electrons. The maximum Gasteiger partial charge on any atom is 0.0195 e. The van der Waals surface area contributed by atoms with Gasteiger partial charge in [-0.15, -0.1) is 0 Å². The van der Waals surface area contributed by atoms with Gasteiger partial charge in [-0.2, -0.15) is 0 Å². The van der Waals surface area contributed by atoms with Crippen molar-refractivity contribution in [3.63, 3.8) is 0 Å². The number of hydrogen-bond donors (Lipinski definition) is 1. The van der Waals surface area contributed by atoms with Gasteiger partial charge in [0.05, 0.1) is 0 Å². The molecule has 0 aromatic heterocycles. The van der Waals surface area contributed by atoms with Gasteiger partial charge in [-0.05, 0) is 38.8 Å². The molecular weight excluding hydrogens is 244 g/mol. The summed E-state index contributed by atoms with van der Waals surface area (Å²) in [5, 5.41) is 3.65. The summed E-state index contributed by atoms with van der Waals surface area (Å²) in [6.45, 7) is 7.97. The minimum atomic E-state index is 0.596. The fourth-order valence-electron chi connectivity index (χ4n) is 2.75. The molecule has 0 saturated carbocycles. The van der Waals surface area contributed by atoms with Crippen LogP contribution < -0.4 is 5.32 Å². The van der Waals surface area contributed by atoms with Crippen molar-refractivity contribution in [2.45, 2.75) is 45.2 Å². The highest BCUT2D eigenvalue weighted by atomic mass is 15.2. The van der Waals surface area contributed by atoms with E-state index in [2.05, 4.69) is 66.5 Å². The number of nitrogens with zero attached hydrogens (tertiary/aromatic N) is 1. The van der Waals surface area contributed by atoms with Crippen LogP contribution >= 0.6 is 0 Å². The van der Waals surface area contributed by atoms with Gasteiger partial charge in [-0.1, -0.05) is 48.9 Å². The molecule has 1 N–H and O–H groups in total. The van der Waals surface area contributed by atoms with Crippen LogP contribution in [0.3, 0.4) is 0 Å². The lowest BCUT2D eigenvalue weighted by Gasteiger charge is -2.32. The number of nitrogens with one attached hydrogen (secondary N) is 1. The van der Waals surface area contributed by atoms with E-state index in [4.69, 9.17) is 0 Å². The van der Waals surface area contributed by atoms with Crippen molar-refractivity contribution in [2.75, 3.05) is 19.6 Å². The molecule has 1 aromatic rings. The van der Waals surface area contributed by atoms with Gasteiger partial charge in [0, 0.05) is 25.2 Å². The predicted molar refractivity (Wildman–Crippen MR) is 87.8 cm³/mol. The average molecular weight is 272 g/mol. The van der Waals surface area contributed by atoms with Crippen molar-refractivity contribution in [1.29, 1.82) is 0 Å². The van der Waals surface area contributed by atoms with E-state index in [0.29, 0.717) is 12.1 Å². The molecule has 1 atom stereocenters. The first-order valence-corrected chi connectivity index (χ1v) is 7.95. The zero-order valence-electron chi connectivity index (χ0n) is 12.9. The van der Waals surface area contributed by atoms with Crippen molar-refractivity contribution >= 4 is 6.08 Å². The van der Waals surface area contributed by atoms with Gasteiger partial charge in [-0.3, -0.25) is 4.90 Å². The van der Waals surface area contributed by atoms with E-state index in [1.165, 1.54) is 31.4 Å². The van der Waals surface area contributed by atoms with E-state index in [-0.39, 0.29) is 0 Å². The number of rotatable bonds is 6. The van der Waals surface area contributed by atoms with E-state index in [1.807, 2.05) is 0 Å². The summed E-state index contributed by atoms with van der Waals surface area (Å²) >= 11 is 0. The van der Waals surface area contributed by atoms with Gasteiger partial charge in [0.15, 0.2) is 0 Å². The Balaban J connectivity index is 1.84. The molecule has 1 heterocycles. The van der Waals surface area contributed by atoms with Gasteiger partial charge < -0.3 is 5.32 Å². The minimum absolute atomic E-state index is 0.596. The van der Waals surface area contributed by atoms with Crippen LogP contribution in [-0.4, -0.2) is 36.6 Å². The Morgan fingerprint density at radius 1 is 1.25 bits per heavy atom. The predicted octanol–water partition coefficient (Wildman–Crippen LogP) is 3.55. The normalized spacial score (nSPS) is 20.1. The van der Waals surface area contributed by atoms with E-state index in [1.54, 1.807) is 0 Å². The van der Waals surface area contributed by atoms with Crippen LogP contribution in [0.25, 0.3) is 6.08 Å². The Hall–Kier alpha value is -1.12. The third-order valence-electron chi connectivity index (χ3n) is 4.05. The third kappa shape index (κ3) is 5.10. The Morgan fingerprint density at radius 2 is 2.05 bits per heavy atom. The molecule has 2 rings (SSSR count). The molecule has 0 amide bonds. The van der Waals surface area contributed by atoms with Crippen LogP contribution in [-0.2, 0) is 0 Å². The Kier molecular flexibility index (Phi) is 6.28. The van der Waals surface area contributed by atoms with Gasteiger partial charge in [0.1, 0.15) is 0 Å². The first-order valence-electron chi connectivity index (χ1n) is 7.95. The van der Waals surface area contributed by atoms with Gasteiger partial charge >= 0.3 is 0 Å². The first-order chi connectivity index (χ1) is 9.75. The molecule has 2 heteroatoms. The smallest absolute Gasteiger partial charge is 0.0195 e. The minimum Gasteiger partial charge on any atom is -0.313 e. The maximum absolute atomic E-state index is 3.65. The Bertz CT molecular complexity index is 391. The quantitative estimate of drug-likeness (QED) is 0.852. The second-order valence-corrected chi connectivity index (χ2v) is 6.01. The third-order valence-corrected chi connectivity index (χ3v) is 4.05. The van der Waals surface area contributed by atoms with Gasteiger partial charge in [-0.25, -0.2) is 0 Å².